The van der Waals surface area contributed by atoms with Crippen LogP contribution < -0.4 is 10.5 Å². The number of benzene rings is 1. The first-order valence-electron chi connectivity index (χ1n) is 5.03. The van der Waals surface area contributed by atoms with Gasteiger partial charge in [0.2, 0.25) is 0 Å². The molecule has 0 unspecified atom stereocenters. The standard InChI is InChI=1S/C12H17NO/c1-8(13)9-4-5-11-10(6-9)12(2,3)7-14-11/h4-6,8H,7,13H2,1-3H3/t8-/m1/s1. The van der Waals surface area contributed by atoms with Crippen LogP contribution in [0.15, 0.2) is 18.2 Å². The Morgan fingerprint density at radius 1 is 1.43 bits per heavy atom. The maximum atomic E-state index is 5.86. The van der Waals surface area contributed by atoms with E-state index in [1.165, 1.54) is 11.1 Å². The van der Waals surface area contributed by atoms with Gasteiger partial charge in [-0.2, -0.15) is 0 Å². The molecule has 2 rings (SSSR count). The van der Waals surface area contributed by atoms with E-state index >= 15 is 0 Å². The molecular formula is C12H17NO. The van der Waals surface area contributed by atoms with Crippen molar-refractivity contribution < 1.29 is 4.74 Å². The largest absolute Gasteiger partial charge is 0.492 e. The average molecular weight is 191 g/mol. The quantitative estimate of drug-likeness (QED) is 0.739. The topological polar surface area (TPSA) is 35.2 Å². The van der Waals surface area contributed by atoms with Gasteiger partial charge in [-0.15, -0.1) is 0 Å². The van der Waals surface area contributed by atoms with Gasteiger partial charge in [0.05, 0.1) is 6.61 Å². The van der Waals surface area contributed by atoms with Crippen molar-refractivity contribution in [3.8, 4) is 5.75 Å². The van der Waals surface area contributed by atoms with Gasteiger partial charge in [-0.25, -0.2) is 0 Å². The Morgan fingerprint density at radius 2 is 2.14 bits per heavy atom. The van der Waals surface area contributed by atoms with Crippen LogP contribution in [0, 0.1) is 0 Å². The first kappa shape index (κ1) is 9.53. The van der Waals surface area contributed by atoms with Crippen LogP contribution in [0.2, 0.25) is 0 Å². The maximum Gasteiger partial charge on any atom is 0.123 e. The molecule has 1 aliphatic rings. The SMILES string of the molecule is C[C@@H](N)c1ccc2c(c1)C(C)(C)CO2. The van der Waals surface area contributed by atoms with Gasteiger partial charge in [-0.05, 0) is 24.6 Å². The molecule has 2 heteroatoms. The number of nitrogens with two attached hydrogens (primary N) is 1. The highest BCUT2D eigenvalue weighted by Gasteiger charge is 2.31. The molecular weight excluding hydrogens is 174 g/mol. The average Bonchev–Trinajstić information content (AvgIpc) is 2.42. The minimum absolute atomic E-state index is 0.0942. The maximum absolute atomic E-state index is 5.86. The summed E-state index contributed by atoms with van der Waals surface area (Å²) in [6.07, 6.45) is 0. The molecule has 0 fully saturated rings. The zero-order valence-corrected chi connectivity index (χ0v) is 9.00. The molecule has 1 aromatic rings. The lowest BCUT2D eigenvalue weighted by Crippen LogP contribution is -2.18. The summed E-state index contributed by atoms with van der Waals surface area (Å²) in [4.78, 5) is 0. The van der Waals surface area contributed by atoms with Gasteiger partial charge in [0, 0.05) is 17.0 Å². The Kier molecular flexibility index (Phi) is 2.04. The molecule has 0 saturated carbocycles. The second-order valence-corrected chi connectivity index (χ2v) is 4.72. The number of rotatable bonds is 1. The molecule has 2 nitrogen and oxygen atoms in total. The fourth-order valence-corrected chi connectivity index (χ4v) is 1.82. The Bertz CT molecular complexity index is 355. The predicted molar refractivity (Wildman–Crippen MR) is 57.6 cm³/mol. The van der Waals surface area contributed by atoms with Gasteiger partial charge in [-0.1, -0.05) is 19.9 Å². The van der Waals surface area contributed by atoms with E-state index in [1.807, 2.05) is 19.1 Å². The minimum atomic E-state index is 0.0942. The molecule has 0 saturated heterocycles. The van der Waals surface area contributed by atoms with Crippen molar-refractivity contribution in [2.24, 2.45) is 5.73 Å². The van der Waals surface area contributed by atoms with E-state index in [-0.39, 0.29) is 11.5 Å². The van der Waals surface area contributed by atoms with E-state index in [1.54, 1.807) is 0 Å². The predicted octanol–water partition coefficient (Wildman–Crippen LogP) is 2.38. The fourth-order valence-electron chi connectivity index (χ4n) is 1.82. The summed E-state index contributed by atoms with van der Waals surface area (Å²) in [7, 11) is 0. The van der Waals surface area contributed by atoms with Crippen molar-refractivity contribution in [2.75, 3.05) is 6.61 Å². The highest BCUT2D eigenvalue weighted by atomic mass is 16.5. The first-order chi connectivity index (χ1) is 6.50. The van der Waals surface area contributed by atoms with E-state index < -0.39 is 0 Å². The molecule has 76 valence electrons. The second-order valence-electron chi connectivity index (χ2n) is 4.72. The van der Waals surface area contributed by atoms with Crippen LogP contribution >= 0.6 is 0 Å². The van der Waals surface area contributed by atoms with Crippen molar-refractivity contribution >= 4 is 0 Å². The summed E-state index contributed by atoms with van der Waals surface area (Å²) in [5, 5.41) is 0. The van der Waals surface area contributed by atoms with Crippen LogP contribution in [-0.4, -0.2) is 6.61 Å². The van der Waals surface area contributed by atoms with E-state index in [2.05, 4.69) is 19.9 Å². The van der Waals surface area contributed by atoms with Crippen molar-refractivity contribution in [3.05, 3.63) is 29.3 Å². The molecule has 14 heavy (non-hydrogen) atoms. The number of ether oxygens (including phenoxy) is 1. The first-order valence-corrected chi connectivity index (χ1v) is 5.03. The molecule has 1 atom stereocenters. The van der Waals surface area contributed by atoms with Gasteiger partial charge in [0.1, 0.15) is 5.75 Å². The summed E-state index contributed by atoms with van der Waals surface area (Å²) in [5.41, 5.74) is 8.45. The van der Waals surface area contributed by atoms with Crippen LogP contribution in [0.4, 0.5) is 0 Å². The second kappa shape index (κ2) is 2.99. The Hall–Kier alpha value is -1.02. The molecule has 2 N–H and O–H groups in total. The lowest BCUT2D eigenvalue weighted by Gasteiger charge is -2.16. The van der Waals surface area contributed by atoms with Crippen LogP contribution in [-0.2, 0) is 5.41 Å². The molecule has 0 spiro atoms. The Morgan fingerprint density at radius 3 is 2.79 bits per heavy atom. The molecule has 0 aliphatic carbocycles. The Labute approximate surface area is 85.1 Å². The summed E-state index contributed by atoms with van der Waals surface area (Å²) in [5.74, 6) is 1.01. The molecule has 0 bridgehead atoms. The van der Waals surface area contributed by atoms with Gasteiger partial charge < -0.3 is 10.5 Å². The van der Waals surface area contributed by atoms with E-state index in [4.69, 9.17) is 10.5 Å². The summed E-state index contributed by atoms with van der Waals surface area (Å²) >= 11 is 0. The van der Waals surface area contributed by atoms with Crippen LogP contribution in [0.25, 0.3) is 0 Å². The lowest BCUT2D eigenvalue weighted by molar-refractivity contribution is 0.291. The van der Waals surface area contributed by atoms with Gasteiger partial charge in [-0.3, -0.25) is 0 Å². The number of fused-ring (bicyclic) bond motifs is 1. The highest BCUT2D eigenvalue weighted by Crippen LogP contribution is 2.39. The molecule has 0 amide bonds. The number of hydrogen-bond acceptors (Lipinski definition) is 2. The molecule has 1 heterocycles. The van der Waals surface area contributed by atoms with E-state index in [0.29, 0.717) is 0 Å². The third kappa shape index (κ3) is 1.40. The fraction of sp³-hybridized carbons (Fsp3) is 0.500. The third-order valence-electron chi connectivity index (χ3n) is 2.85. The van der Waals surface area contributed by atoms with E-state index in [9.17, 15) is 0 Å². The Balaban J connectivity index is 2.48. The minimum Gasteiger partial charge on any atom is -0.492 e. The number of hydrogen-bond donors (Lipinski definition) is 1. The molecule has 1 aromatic carbocycles. The zero-order chi connectivity index (χ0) is 10.3. The van der Waals surface area contributed by atoms with Gasteiger partial charge in [0.15, 0.2) is 0 Å². The molecule has 0 aromatic heterocycles. The zero-order valence-electron chi connectivity index (χ0n) is 9.00. The third-order valence-corrected chi connectivity index (χ3v) is 2.85. The highest BCUT2D eigenvalue weighted by molar-refractivity contribution is 5.45. The van der Waals surface area contributed by atoms with E-state index in [0.717, 1.165) is 12.4 Å². The van der Waals surface area contributed by atoms with Crippen LogP contribution in [0.3, 0.4) is 0 Å². The monoisotopic (exact) mass is 191 g/mol. The smallest absolute Gasteiger partial charge is 0.123 e. The van der Waals surface area contributed by atoms with Crippen molar-refractivity contribution in [1.29, 1.82) is 0 Å². The lowest BCUT2D eigenvalue weighted by atomic mass is 9.85. The van der Waals surface area contributed by atoms with Crippen molar-refractivity contribution in [1.82, 2.24) is 0 Å². The molecule has 0 radical (unpaired) electrons. The normalized spacial score (nSPS) is 20.0. The van der Waals surface area contributed by atoms with Crippen LogP contribution in [0.1, 0.15) is 37.9 Å². The summed E-state index contributed by atoms with van der Waals surface area (Å²) in [6, 6.07) is 6.34. The van der Waals surface area contributed by atoms with Crippen molar-refractivity contribution in [2.45, 2.75) is 32.2 Å². The summed E-state index contributed by atoms with van der Waals surface area (Å²) < 4.78 is 5.61. The van der Waals surface area contributed by atoms with Gasteiger partial charge >= 0.3 is 0 Å². The summed E-state index contributed by atoms with van der Waals surface area (Å²) in [6.45, 7) is 7.17. The van der Waals surface area contributed by atoms with Crippen LogP contribution in [0.5, 0.6) is 5.75 Å². The molecule has 1 aliphatic heterocycles. The van der Waals surface area contributed by atoms with Gasteiger partial charge in [0.25, 0.3) is 0 Å². The van der Waals surface area contributed by atoms with Crippen molar-refractivity contribution in [3.63, 3.8) is 0 Å².